The predicted octanol–water partition coefficient (Wildman–Crippen LogP) is 3.05. The van der Waals surface area contributed by atoms with Crippen LogP contribution in [0.5, 0.6) is 5.75 Å². The molecular formula is C18H14N2O2. The predicted molar refractivity (Wildman–Crippen MR) is 86.6 cm³/mol. The Morgan fingerprint density at radius 2 is 1.86 bits per heavy atom. The Morgan fingerprint density at radius 3 is 2.73 bits per heavy atom. The highest BCUT2D eigenvalue weighted by atomic mass is 16.3. The molecule has 0 amide bonds. The third kappa shape index (κ3) is 1.92. The quantitative estimate of drug-likeness (QED) is 0.749. The Bertz CT molecular complexity index is 970. The summed E-state index contributed by atoms with van der Waals surface area (Å²) in [7, 11) is 0. The summed E-state index contributed by atoms with van der Waals surface area (Å²) >= 11 is 0. The van der Waals surface area contributed by atoms with Crippen molar-refractivity contribution in [3.63, 3.8) is 0 Å². The molecule has 2 heterocycles. The van der Waals surface area contributed by atoms with Gasteiger partial charge in [-0.3, -0.25) is 9.36 Å². The van der Waals surface area contributed by atoms with Crippen LogP contribution < -0.4 is 5.56 Å². The molecule has 108 valence electrons. The van der Waals surface area contributed by atoms with Gasteiger partial charge in [0.15, 0.2) is 0 Å². The maximum atomic E-state index is 12.5. The van der Waals surface area contributed by atoms with Crippen LogP contribution in [0.3, 0.4) is 0 Å². The second-order valence-electron chi connectivity index (χ2n) is 5.39. The maximum Gasteiger partial charge on any atom is 0.261 e. The van der Waals surface area contributed by atoms with Gasteiger partial charge in [-0.2, -0.15) is 0 Å². The standard InChI is InChI=1S/C18H14N2O2/c21-16-8-4-1-5-12(16)11-13-9-10-20-17(13)19-15-7-3-2-6-14(15)18(20)22/h1-8,11,21H,9-10H2. The number of aromatic nitrogens is 2. The van der Waals surface area contributed by atoms with Gasteiger partial charge in [0.05, 0.1) is 10.9 Å². The average molecular weight is 290 g/mol. The molecular weight excluding hydrogens is 276 g/mol. The van der Waals surface area contributed by atoms with Crippen molar-refractivity contribution in [2.45, 2.75) is 13.0 Å². The zero-order valence-corrected chi connectivity index (χ0v) is 11.9. The van der Waals surface area contributed by atoms with Gasteiger partial charge in [0.25, 0.3) is 5.56 Å². The van der Waals surface area contributed by atoms with Crippen LogP contribution in [0, 0.1) is 0 Å². The topological polar surface area (TPSA) is 55.1 Å². The fourth-order valence-corrected chi connectivity index (χ4v) is 2.90. The summed E-state index contributed by atoms with van der Waals surface area (Å²) in [6.07, 6.45) is 2.66. The molecule has 0 bridgehead atoms. The molecule has 0 saturated heterocycles. The van der Waals surface area contributed by atoms with E-state index in [1.807, 2.05) is 42.5 Å². The second-order valence-corrected chi connectivity index (χ2v) is 5.39. The Hall–Kier alpha value is -2.88. The number of hydrogen-bond donors (Lipinski definition) is 1. The van der Waals surface area contributed by atoms with Crippen LogP contribution in [0.25, 0.3) is 22.6 Å². The highest BCUT2D eigenvalue weighted by Gasteiger charge is 2.20. The van der Waals surface area contributed by atoms with Gasteiger partial charge in [-0.1, -0.05) is 30.3 Å². The summed E-state index contributed by atoms with van der Waals surface area (Å²) in [6.45, 7) is 0.630. The first-order valence-electron chi connectivity index (χ1n) is 7.22. The summed E-state index contributed by atoms with van der Waals surface area (Å²) in [4.78, 5) is 17.2. The normalized spacial score (nSPS) is 15.4. The van der Waals surface area contributed by atoms with E-state index in [1.165, 1.54) is 0 Å². The maximum absolute atomic E-state index is 12.5. The van der Waals surface area contributed by atoms with Gasteiger partial charge < -0.3 is 5.11 Å². The summed E-state index contributed by atoms with van der Waals surface area (Å²) in [5, 5.41) is 10.6. The van der Waals surface area contributed by atoms with Gasteiger partial charge in [-0.05, 0) is 36.3 Å². The van der Waals surface area contributed by atoms with Crippen molar-refractivity contribution < 1.29 is 5.11 Å². The van der Waals surface area contributed by atoms with Crippen LogP contribution in [-0.4, -0.2) is 14.7 Å². The number of nitrogens with zero attached hydrogens (tertiary/aromatic N) is 2. The lowest BCUT2D eigenvalue weighted by molar-refractivity contribution is 0.474. The average Bonchev–Trinajstić information content (AvgIpc) is 2.93. The molecule has 0 spiro atoms. The van der Waals surface area contributed by atoms with E-state index >= 15 is 0 Å². The van der Waals surface area contributed by atoms with Crippen molar-refractivity contribution in [3.8, 4) is 5.75 Å². The van der Waals surface area contributed by atoms with E-state index in [0.29, 0.717) is 23.3 Å². The number of rotatable bonds is 1. The summed E-state index contributed by atoms with van der Waals surface area (Å²) < 4.78 is 1.72. The SMILES string of the molecule is O=c1c2ccccc2nc2n1CCC2=Cc1ccccc1O. The minimum absolute atomic E-state index is 0.00119. The monoisotopic (exact) mass is 290 g/mol. The third-order valence-corrected chi connectivity index (χ3v) is 4.02. The first-order valence-corrected chi connectivity index (χ1v) is 7.22. The van der Waals surface area contributed by atoms with Crippen molar-refractivity contribution >= 4 is 22.6 Å². The van der Waals surface area contributed by atoms with Gasteiger partial charge in [0.1, 0.15) is 11.6 Å². The summed E-state index contributed by atoms with van der Waals surface area (Å²) in [5.41, 5.74) is 2.43. The molecule has 0 aliphatic carbocycles. The lowest BCUT2D eigenvalue weighted by atomic mass is 10.1. The van der Waals surface area contributed by atoms with Crippen molar-refractivity contribution in [1.29, 1.82) is 0 Å². The number of para-hydroxylation sites is 2. The molecule has 0 radical (unpaired) electrons. The summed E-state index contributed by atoms with van der Waals surface area (Å²) in [6, 6.07) is 14.6. The lowest BCUT2D eigenvalue weighted by Crippen LogP contribution is -2.20. The molecule has 4 rings (SSSR count). The molecule has 4 nitrogen and oxygen atoms in total. The molecule has 0 atom stereocenters. The van der Waals surface area contributed by atoms with Crippen LogP contribution in [0.1, 0.15) is 17.8 Å². The largest absolute Gasteiger partial charge is 0.507 e. The fourth-order valence-electron chi connectivity index (χ4n) is 2.90. The molecule has 4 heteroatoms. The van der Waals surface area contributed by atoms with E-state index in [-0.39, 0.29) is 11.3 Å². The van der Waals surface area contributed by atoms with Gasteiger partial charge >= 0.3 is 0 Å². The molecule has 3 aromatic rings. The highest BCUT2D eigenvalue weighted by Crippen LogP contribution is 2.29. The number of phenolic OH excluding ortho intramolecular Hbond substituents is 1. The first-order chi connectivity index (χ1) is 10.7. The van der Waals surface area contributed by atoms with Crippen LogP contribution in [-0.2, 0) is 6.54 Å². The third-order valence-electron chi connectivity index (χ3n) is 4.02. The number of aromatic hydroxyl groups is 1. The van der Waals surface area contributed by atoms with Gasteiger partial charge in [-0.25, -0.2) is 4.98 Å². The Balaban J connectivity index is 1.93. The fraction of sp³-hybridized carbons (Fsp3) is 0.111. The van der Waals surface area contributed by atoms with Crippen LogP contribution in [0.2, 0.25) is 0 Å². The minimum Gasteiger partial charge on any atom is -0.507 e. The molecule has 1 aromatic heterocycles. The van der Waals surface area contributed by atoms with Crippen molar-refractivity contribution in [2.75, 3.05) is 0 Å². The summed E-state index contributed by atoms with van der Waals surface area (Å²) in [5.74, 6) is 0.934. The zero-order valence-electron chi connectivity index (χ0n) is 11.9. The van der Waals surface area contributed by atoms with Crippen molar-refractivity contribution in [1.82, 2.24) is 9.55 Å². The minimum atomic E-state index is 0.00119. The molecule has 2 aromatic carbocycles. The smallest absolute Gasteiger partial charge is 0.261 e. The Kier molecular flexibility index (Phi) is 2.82. The Morgan fingerprint density at radius 1 is 1.09 bits per heavy atom. The number of phenols is 1. The van der Waals surface area contributed by atoms with E-state index in [1.54, 1.807) is 16.7 Å². The van der Waals surface area contributed by atoms with Gasteiger partial charge in [0.2, 0.25) is 0 Å². The van der Waals surface area contributed by atoms with Crippen LogP contribution in [0.15, 0.2) is 53.3 Å². The zero-order chi connectivity index (χ0) is 15.1. The molecule has 1 N–H and O–H groups in total. The van der Waals surface area contributed by atoms with Crippen LogP contribution >= 0.6 is 0 Å². The molecule has 0 saturated carbocycles. The van der Waals surface area contributed by atoms with E-state index in [4.69, 9.17) is 0 Å². The number of fused-ring (bicyclic) bond motifs is 2. The molecule has 1 aliphatic heterocycles. The van der Waals surface area contributed by atoms with Gasteiger partial charge in [-0.15, -0.1) is 0 Å². The van der Waals surface area contributed by atoms with Crippen molar-refractivity contribution in [3.05, 3.63) is 70.3 Å². The van der Waals surface area contributed by atoms with E-state index in [2.05, 4.69) is 4.98 Å². The molecule has 0 unspecified atom stereocenters. The number of hydrogen-bond acceptors (Lipinski definition) is 3. The van der Waals surface area contributed by atoms with Crippen LogP contribution in [0.4, 0.5) is 0 Å². The lowest BCUT2D eigenvalue weighted by Gasteiger charge is -2.05. The number of benzene rings is 2. The molecule has 1 aliphatic rings. The van der Waals surface area contributed by atoms with Gasteiger partial charge in [0, 0.05) is 12.1 Å². The second kappa shape index (κ2) is 4.84. The van der Waals surface area contributed by atoms with E-state index in [9.17, 15) is 9.90 Å². The van der Waals surface area contributed by atoms with Crippen molar-refractivity contribution in [2.24, 2.45) is 0 Å². The van der Waals surface area contributed by atoms with E-state index in [0.717, 1.165) is 17.6 Å². The molecule has 22 heavy (non-hydrogen) atoms. The van der Waals surface area contributed by atoms with E-state index < -0.39 is 0 Å². The molecule has 0 fully saturated rings. The highest BCUT2D eigenvalue weighted by molar-refractivity contribution is 5.85. The number of allylic oxidation sites excluding steroid dienone is 1. The first kappa shape index (κ1) is 12.8. The Labute approximate surface area is 127 Å².